The van der Waals surface area contributed by atoms with Gasteiger partial charge in [0.2, 0.25) is 10.0 Å². The van der Waals surface area contributed by atoms with Crippen molar-refractivity contribution in [2.24, 2.45) is 0 Å². The zero-order chi connectivity index (χ0) is 14.9. The average Bonchev–Trinajstić information content (AvgIpc) is 2.40. The number of nitrogens with zero attached hydrogens (tertiary/aromatic N) is 2. The fraction of sp³-hybridized carbons (Fsp3) is 0.417. The van der Waals surface area contributed by atoms with Gasteiger partial charge in [-0.25, -0.2) is 8.42 Å². The molecule has 1 aliphatic rings. The van der Waals surface area contributed by atoms with Crippen molar-refractivity contribution in [1.29, 1.82) is 0 Å². The van der Waals surface area contributed by atoms with E-state index in [1.54, 1.807) is 23.1 Å². The normalized spacial score (nSPS) is 17.2. The summed E-state index contributed by atoms with van der Waals surface area (Å²) in [4.78, 5) is 13.9. The Morgan fingerprint density at radius 3 is 2.35 bits per heavy atom. The van der Waals surface area contributed by atoms with E-state index in [2.05, 4.69) is 15.9 Å². The van der Waals surface area contributed by atoms with E-state index in [9.17, 15) is 13.2 Å². The van der Waals surface area contributed by atoms with E-state index < -0.39 is 10.0 Å². The first kappa shape index (κ1) is 15.8. The summed E-state index contributed by atoms with van der Waals surface area (Å²) in [5.41, 5.74) is 0.506. The van der Waals surface area contributed by atoms with Gasteiger partial charge in [0.05, 0.1) is 11.3 Å². The Kier molecular flexibility index (Phi) is 4.73. The van der Waals surface area contributed by atoms with E-state index in [-0.39, 0.29) is 5.91 Å². The lowest BCUT2D eigenvalue weighted by Gasteiger charge is -2.33. The number of piperazine rings is 1. The zero-order valence-electron chi connectivity index (χ0n) is 10.8. The topological polar surface area (TPSA) is 57.7 Å². The molecule has 0 bridgehead atoms. The van der Waals surface area contributed by atoms with Gasteiger partial charge >= 0.3 is 0 Å². The molecule has 1 amide bonds. The summed E-state index contributed by atoms with van der Waals surface area (Å²) in [6.07, 6.45) is 1.18. The second kappa shape index (κ2) is 6.01. The zero-order valence-corrected chi connectivity index (χ0v) is 14.0. The Labute approximate surface area is 131 Å². The second-order valence-electron chi connectivity index (χ2n) is 4.58. The molecule has 0 aromatic heterocycles. The maximum atomic E-state index is 12.3. The Hall–Kier alpha value is -0.630. The Balaban J connectivity index is 2.07. The first-order valence-corrected chi connectivity index (χ1v) is 9.00. The van der Waals surface area contributed by atoms with Gasteiger partial charge in [-0.15, -0.1) is 0 Å². The van der Waals surface area contributed by atoms with E-state index in [0.29, 0.717) is 36.8 Å². The highest BCUT2D eigenvalue weighted by molar-refractivity contribution is 9.10. The van der Waals surface area contributed by atoms with Crippen molar-refractivity contribution in [1.82, 2.24) is 9.21 Å². The van der Waals surface area contributed by atoms with Gasteiger partial charge in [0, 0.05) is 36.2 Å². The van der Waals surface area contributed by atoms with Gasteiger partial charge < -0.3 is 4.90 Å². The van der Waals surface area contributed by atoms with Crippen molar-refractivity contribution in [3.8, 4) is 0 Å². The van der Waals surface area contributed by atoms with Crippen LogP contribution in [0, 0.1) is 0 Å². The van der Waals surface area contributed by atoms with Gasteiger partial charge in [-0.1, -0.05) is 11.6 Å². The highest BCUT2D eigenvalue weighted by Gasteiger charge is 2.26. The molecule has 2 rings (SSSR count). The van der Waals surface area contributed by atoms with Gasteiger partial charge in [-0.2, -0.15) is 4.31 Å². The quantitative estimate of drug-likeness (QED) is 0.785. The predicted octanol–water partition coefficient (Wildman–Crippen LogP) is 1.82. The number of amides is 1. The predicted molar refractivity (Wildman–Crippen MR) is 81.5 cm³/mol. The van der Waals surface area contributed by atoms with Crippen LogP contribution in [0.25, 0.3) is 0 Å². The van der Waals surface area contributed by atoms with Crippen LogP contribution in [0.3, 0.4) is 0 Å². The number of halogens is 2. The molecule has 1 fully saturated rings. The van der Waals surface area contributed by atoms with Crippen LogP contribution in [0.5, 0.6) is 0 Å². The summed E-state index contributed by atoms with van der Waals surface area (Å²) in [7, 11) is -3.18. The number of rotatable bonds is 2. The number of carbonyl (C=O) groups is 1. The molecule has 8 heteroatoms. The van der Waals surface area contributed by atoms with Gasteiger partial charge in [-0.05, 0) is 34.1 Å². The Morgan fingerprint density at radius 2 is 1.85 bits per heavy atom. The highest BCUT2D eigenvalue weighted by atomic mass is 79.9. The lowest BCUT2D eigenvalue weighted by molar-refractivity contribution is 0.0698. The van der Waals surface area contributed by atoms with E-state index in [4.69, 9.17) is 11.6 Å². The fourth-order valence-corrected chi connectivity index (χ4v) is 3.29. The van der Waals surface area contributed by atoms with Crippen LogP contribution in [-0.4, -0.2) is 56.0 Å². The molecular weight excluding hydrogens is 368 g/mol. The molecule has 0 radical (unpaired) electrons. The summed E-state index contributed by atoms with van der Waals surface area (Å²) in [6.45, 7) is 1.43. The molecule has 0 spiro atoms. The van der Waals surface area contributed by atoms with Crippen LogP contribution in [0.4, 0.5) is 0 Å². The van der Waals surface area contributed by atoms with Crippen LogP contribution in [0.1, 0.15) is 10.4 Å². The van der Waals surface area contributed by atoms with Crippen molar-refractivity contribution in [2.45, 2.75) is 0 Å². The third-order valence-corrected chi connectivity index (χ3v) is 5.70. The van der Waals surface area contributed by atoms with Crippen LogP contribution < -0.4 is 0 Å². The second-order valence-corrected chi connectivity index (χ2v) is 7.83. The maximum Gasteiger partial charge on any atom is 0.253 e. The molecule has 5 nitrogen and oxygen atoms in total. The molecule has 1 aromatic rings. The van der Waals surface area contributed by atoms with Gasteiger partial charge in [-0.3, -0.25) is 4.79 Å². The molecule has 20 heavy (non-hydrogen) atoms. The molecule has 0 saturated carbocycles. The van der Waals surface area contributed by atoms with Gasteiger partial charge in [0.1, 0.15) is 0 Å². The van der Waals surface area contributed by atoms with Crippen LogP contribution >= 0.6 is 27.5 Å². The molecule has 1 saturated heterocycles. The number of hydrogen-bond acceptors (Lipinski definition) is 3. The fourth-order valence-electron chi connectivity index (χ4n) is 2.03. The van der Waals surface area contributed by atoms with Crippen molar-refractivity contribution >= 4 is 43.5 Å². The van der Waals surface area contributed by atoms with Gasteiger partial charge in [0.25, 0.3) is 5.91 Å². The van der Waals surface area contributed by atoms with E-state index >= 15 is 0 Å². The summed E-state index contributed by atoms with van der Waals surface area (Å²) in [6, 6.07) is 5.03. The summed E-state index contributed by atoms with van der Waals surface area (Å²) in [5, 5.41) is 0.477. The Morgan fingerprint density at radius 1 is 1.25 bits per heavy atom. The molecule has 1 aromatic carbocycles. The number of carbonyl (C=O) groups excluding carboxylic acids is 1. The molecule has 0 aliphatic carbocycles. The number of benzene rings is 1. The molecule has 0 unspecified atom stereocenters. The summed E-state index contributed by atoms with van der Waals surface area (Å²) in [5.74, 6) is -0.132. The smallest absolute Gasteiger partial charge is 0.253 e. The SMILES string of the molecule is CS(=O)(=O)N1CCN(C(=O)c2ccc(Br)c(Cl)c2)CC1. The lowest BCUT2D eigenvalue weighted by atomic mass is 10.2. The number of hydrogen-bond donors (Lipinski definition) is 0. The summed E-state index contributed by atoms with van der Waals surface area (Å²) < 4.78 is 24.9. The third-order valence-electron chi connectivity index (χ3n) is 3.16. The third kappa shape index (κ3) is 3.52. The average molecular weight is 382 g/mol. The van der Waals surface area contributed by atoms with Crippen LogP contribution in [0.2, 0.25) is 5.02 Å². The Bertz CT molecular complexity index is 628. The maximum absolute atomic E-state index is 12.3. The van der Waals surface area contributed by atoms with E-state index in [1.165, 1.54) is 10.6 Å². The van der Waals surface area contributed by atoms with Crippen LogP contribution in [0.15, 0.2) is 22.7 Å². The van der Waals surface area contributed by atoms with Crippen molar-refractivity contribution in [2.75, 3.05) is 32.4 Å². The van der Waals surface area contributed by atoms with Crippen molar-refractivity contribution < 1.29 is 13.2 Å². The van der Waals surface area contributed by atoms with Crippen molar-refractivity contribution in [3.63, 3.8) is 0 Å². The molecule has 1 aliphatic heterocycles. The minimum atomic E-state index is -3.18. The monoisotopic (exact) mass is 380 g/mol. The van der Waals surface area contributed by atoms with Crippen LogP contribution in [-0.2, 0) is 10.0 Å². The molecular formula is C12H14BrClN2O3S. The van der Waals surface area contributed by atoms with Crippen molar-refractivity contribution in [3.05, 3.63) is 33.3 Å². The van der Waals surface area contributed by atoms with E-state index in [1.807, 2.05) is 0 Å². The summed E-state index contributed by atoms with van der Waals surface area (Å²) >= 11 is 9.25. The molecule has 0 N–H and O–H groups in total. The first-order chi connectivity index (χ1) is 9.29. The number of sulfonamides is 1. The van der Waals surface area contributed by atoms with E-state index in [0.717, 1.165) is 4.47 Å². The molecule has 110 valence electrons. The first-order valence-electron chi connectivity index (χ1n) is 5.98. The van der Waals surface area contributed by atoms with Gasteiger partial charge in [0.15, 0.2) is 0 Å². The standard InChI is InChI=1S/C12H14BrClN2O3S/c1-20(18,19)16-6-4-15(5-7-16)12(17)9-2-3-10(13)11(14)8-9/h2-3,8H,4-7H2,1H3. The highest BCUT2D eigenvalue weighted by Crippen LogP contribution is 2.24. The minimum absolute atomic E-state index is 0.132. The molecule has 1 heterocycles. The largest absolute Gasteiger partial charge is 0.336 e. The lowest BCUT2D eigenvalue weighted by Crippen LogP contribution is -2.50. The minimum Gasteiger partial charge on any atom is -0.336 e. The molecule has 0 atom stereocenters.